The predicted molar refractivity (Wildman–Crippen MR) is 70.2 cm³/mol. The predicted octanol–water partition coefficient (Wildman–Crippen LogP) is 1.72. The van der Waals surface area contributed by atoms with Crippen LogP contribution >= 0.6 is 11.3 Å². The first kappa shape index (κ1) is 11.8. The van der Waals surface area contributed by atoms with Gasteiger partial charge in [0.1, 0.15) is 5.75 Å². The van der Waals surface area contributed by atoms with Crippen LogP contribution in [0, 0.1) is 0 Å². The van der Waals surface area contributed by atoms with Crippen molar-refractivity contribution in [1.82, 2.24) is 20.2 Å². The van der Waals surface area contributed by atoms with E-state index in [1.54, 1.807) is 35.6 Å². The molecule has 7 heteroatoms. The number of rotatable bonds is 4. The second-order valence-electron chi connectivity index (χ2n) is 3.65. The lowest BCUT2D eigenvalue weighted by Crippen LogP contribution is -1.99. The number of tetrazole rings is 1. The Morgan fingerprint density at radius 1 is 1.21 bits per heavy atom. The molecule has 0 spiro atoms. The molecule has 19 heavy (non-hydrogen) atoms. The summed E-state index contributed by atoms with van der Waals surface area (Å²) in [6, 6.07) is 11.0. The standard InChI is InChI=1S/C12H10N4O2S/c17-8-18-10-5-3-9(4-6-10)16-14-12(13-15-16)11-2-1-7-19-11/h1-7,17H,8H2. The van der Waals surface area contributed by atoms with Crippen LogP contribution in [-0.4, -0.2) is 32.1 Å². The molecule has 0 saturated heterocycles. The molecule has 0 aliphatic rings. The molecule has 0 radical (unpaired) electrons. The van der Waals surface area contributed by atoms with E-state index in [-0.39, 0.29) is 6.79 Å². The molecule has 0 unspecified atom stereocenters. The van der Waals surface area contributed by atoms with Crippen LogP contribution in [-0.2, 0) is 0 Å². The molecule has 3 rings (SSSR count). The Balaban J connectivity index is 1.86. The Kier molecular flexibility index (Phi) is 3.21. The maximum atomic E-state index is 8.65. The summed E-state index contributed by atoms with van der Waals surface area (Å²) >= 11 is 1.57. The van der Waals surface area contributed by atoms with Gasteiger partial charge in [-0.15, -0.1) is 26.3 Å². The zero-order valence-electron chi connectivity index (χ0n) is 9.80. The Labute approximate surface area is 112 Å². The third-order valence-corrected chi connectivity index (χ3v) is 3.32. The van der Waals surface area contributed by atoms with Crippen molar-refractivity contribution in [1.29, 1.82) is 0 Å². The minimum absolute atomic E-state index is 0.344. The molecule has 0 aliphatic heterocycles. The van der Waals surface area contributed by atoms with Crippen LogP contribution in [0.4, 0.5) is 0 Å². The molecule has 0 amide bonds. The molecule has 6 nitrogen and oxygen atoms in total. The Morgan fingerprint density at radius 2 is 2.05 bits per heavy atom. The highest BCUT2D eigenvalue weighted by molar-refractivity contribution is 7.13. The lowest BCUT2D eigenvalue weighted by atomic mass is 10.3. The smallest absolute Gasteiger partial charge is 0.215 e. The summed E-state index contributed by atoms with van der Waals surface area (Å²) in [6.07, 6.45) is 0. The first-order valence-electron chi connectivity index (χ1n) is 5.55. The summed E-state index contributed by atoms with van der Waals surface area (Å²) in [4.78, 5) is 2.43. The first-order chi connectivity index (χ1) is 9.36. The fraction of sp³-hybridized carbons (Fsp3) is 0.0833. The van der Waals surface area contributed by atoms with Crippen LogP contribution in [0.1, 0.15) is 0 Å². The van der Waals surface area contributed by atoms with Gasteiger partial charge >= 0.3 is 0 Å². The van der Waals surface area contributed by atoms with Crippen molar-refractivity contribution in [2.24, 2.45) is 0 Å². The number of hydrogen-bond donors (Lipinski definition) is 1. The van der Waals surface area contributed by atoms with E-state index in [2.05, 4.69) is 15.4 Å². The summed E-state index contributed by atoms with van der Waals surface area (Å²) in [5, 5.41) is 23.0. The fourth-order valence-electron chi connectivity index (χ4n) is 1.58. The third kappa shape index (κ3) is 2.47. The number of ether oxygens (including phenoxy) is 1. The maximum absolute atomic E-state index is 8.65. The molecule has 1 N–H and O–H groups in total. The van der Waals surface area contributed by atoms with Gasteiger partial charge in [0.25, 0.3) is 0 Å². The average Bonchev–Trinajstić information content (AvgIpc) is 3.11. The highest BCUT2D eigenvalue weighted by Gasteiger charge is 2.07. The van der Waals surface area contributed by atoms with Crippen molar-refractivity contribution < 1.29 is 9.84 Å². The van der Waals surface area contributed by atoms with E-state index in [9.17, 15) is 0 Å². The van der Waals surface area contributed by atoms with Crippen molar-refractivity contribution in [3.8, 4) is 22.1 Å². The van der Waals surface area contributed by atoms with E-state index in [1.165, 1.54) is 4.80 Å². The van der Waals surface area contributed by atoms with Gasteiger partial charge in [-0.25, -0.2) is 0 Å². The van der Waals surface area contributed by atoms with Crippen LogP contribution in [0.25, 0.3) is 16.4 Å². The summed E-state index contributed by atoms with van der Waals surface area (Å²) in [5.74, 6) is 1.19. The van der Waals surface area contributed by atoms with E-state index in [1.807, 2.05) is 17.5 Å². The number of benzene rings is 1. The van der Waals surface area contributed by atoms with E-state index >= 15 is 0 Å². The minimum atomic E-state index is -0.344. The largest absolute Gasteiger partial charge is 0.468 e. The van der Waals surface area contributed by atoms with Crippen molar-refractivity contribution in [3.05, 3.63) is 41.8 Å². The van der Waals surface area contributed by atoms with Gasteiger partial charge in [0.2, 0.25) is 5.82 Å². The summed E-state index contributed by atoms with van der Waals surface area (Å²) in [5.41, 5.74) is 0.778. The Morgan fingerprint density at radius 3 is 2.74 bits per heavy atom. The Bertz CT molecular complexity index is 649. The molecular weight excluding hydrogens is 264 g/mol. The van der Waals surface area contributed by atoms with E-state index in [0.717, 1.165) is 10.6 Å². The van der Waals surface area contributed by atoms with Gasteiger partial charge < -0.3 is 9.84 Å². The van der Waals surface area contributed by atoms with Gasteiger partial charge in [0.15, 0.2) is 6.79 Å². The zero-order chi connectivity index (χ0) is 13.1. The van der Waals surface area contributed by atoms with Gasteiger partial charge in [-0.2, -0.15) is 0 Å². The lowest BCUT2D eigenvalue weighted by molar-refractivity contribution is 0.0985. The number of aliphatic hydroxyl groups excluding tert-OH is 1. The van der Waals surface area contributed by atoms with E-state index in [4.69, 9.17) is 9.84 Å². The van der Waals surface area contributed by atoms with E-state index < -0.39 is 0 Å². The second kappa shape index (κ2) is 5.17. The highest BCUT2D eigenvalue weighted by atomic mass is 32.1. The zero-order valence-corrected chi connectivity index (χ0v) is 10.6. The molecular formula is C12H10N4O2S. The second-order valence-corrected chi connectivity index (χ2v) is 4.59. The molecule has 96 valence electrons. The number of aromatic nitrogens is 4. The Hall–Kier alpha value is -2.25. The van der Waals surface area contributed by atoms with Gasteiger partial charge in [0.05, 0.1) is 10.6 Å². The molecule has 0 atom stereocenters. The van der Waals surface area contributed by atoms with E-state index in [0.29, 0.717) is 11.6 Å². The molecule has 0 fully saturated rings. The molecule has 0 aliphatic carbocycles. The lowest BCUT2D eigenvalue weighted by Gasteiger charge is -2.02. The number of hydrogen-bond acceptors (Lipinski definition) is 6. The monoisotopic (exact) mass is 274 g/mol. The molecule has 0 saturated carbocycles. The van der Waals surface area contributed by atoms with Crippen LogP contribution < -0.4 is 4.74 Å². The van der Waals surface area contributed by atoms with Crippen LogP contribution in [0.3, 0.4) is 0 Å². The average molecular weight is 274 g/mol. The van der Waals surface area contributed by atoms with Gasteiger partial charge in [0, 0.05) is 0 Å². The van der Waals surface area contributed by atoms with Gasteiger partial charge in [-0.05, 0) is 40.9 Å². The topological polar surface area (TPSA) is 73.1 Å². The van der Waals surface area contributed by atoms with Crippen molar-refractivity contribution in [3.63, 3.8) is 0 Å². The highest BCUT2D eigenvalue weighted by Crippen LogP contribution is 2.20. The number of aliphatic hydroxyl groups is 1. The fourth-order valence-corrected chi connectivity index (χ4v) is 2.23. The summed E-state index contributed by atoms with van der Waals surface area (Å²) in [6.45, 7) is -0.344. The quantitative estimate of drug-likeness (QED) is 0.733. The minimum Gasteiger partial charge on any atom is -0.468 e. The van der Waals surface area contributed by atoms with Crippen molar-refractivity contribution in [2.45, 2.75) is 0 Å². The molecule has 1 aromatic carbocycles. The summed E-state index contributed by atoms with van der Waals surface area (Å²) in [7, 11) is 0. The van der Waals surface area contributed by atoms with Crippen LogP contribution in [0.2, 0.25) is 0 Å². The third-order valence-electron chi connectivity index (χ3n) is 2.45. The first-order valence-corrected chi connectivity index (χ1v) is 6.43. The molecule has 0 bridgehead atoms. The van der Waals surface area contributed by atoms with Crippen molar-refractivity contribution >= 4 is 11.3 Å². The maximum Gasteiger partial charge on any atom is 0.215 e. The summed E-state index contributed by atoms with van der Waals surface area (Å²) < 4.78 is 4.95. The number of thiophene rings is 1. The SMILES string of the molecule is OCOc1ccc(-n2nnc(-c3cccs3)n2)cc1. The van der Waals surface area contributed by atoms with Gasteiger partial charge in [-0.1, -0.05) is 6.07 Å². The molecule has 3 aromatic rings. The van der Waals surface area contributed by atoms with Crippen molar-refractivity contribution in [2.75, 3.05) is 6.79 Å². The van der Waals surface area contributed by atoms with Crippen LogP contribution in [0.15, 0.2) is 41.8 Å². The molecule has 2 aromatic heterocycles. The molecule has 2 heterocycles. The van der Waals surface area contributed by atoms with Crippen LogP contribution in [0.5, 0.6) is 5.75 Å². The normalized spacial score (nSPS) is 10.6. The van der Waals surface area contributed by atoms with Gasteiger partial charge in [-0.3, -0.25) is 0 Å². The number of nitrogens with zero attached hydrogens (tertiary/aromatic N) is 4.